The molecule has 4 aromatic rings. The highest BCUT2D eigenvalue weighted by Crippen LogP contribution is 2.40. The number of ether oxygens (including phenoxy) is 2. The number of anilines is 1. The monoisotopic (exact) mass is 571 g/mol. The lowest BCUT2D eigenvalue weighted by Crippen LogP contribution is -2.40. The second kappa shape index (κ2) is 10.0. The van der Waals surface area contributed by atoms with E-state index in [1.165, 1.54) is 17.7 Å². The average molecular weight is 572 g/mol. The highest BCUT2D eigenvalue weighted by atomic mass is 16.6. The van der Waals surface area contributed by atoms with E-state index in [1.54, 1.807) is 21.1 Å². The van der Waals surface area contributed by atoms with E-state index in [0.29, 0.717) is 35.4 Å². The zero-order valence-electron chi connectivity index (χ0n) is 24.5. The van der Waals surface area contributed by atoms with Gasteiger partial charge in [0, 0.05) is 48.7 Å². The Kier molecular flexibility index (Phi) is 6.38. The first-order chi connectivity index (χ1) is 20.3. The topological polar surface area (TPSA) is 120 Å². The molecule has 42 heavy (non-hydrogen) atoms. The molecule has 2 amide bonds. The summed E-state index contributed by atoms with van der Waals surface area (Å²) in [5, 5.41) is 0.965. The van der Waals surface area contributed by atoms with Gasteiger partial charge in [-0.3, -0.25) is 14.1 Å². The van der Waals surface area contributed by atoms with Gasteiger partial charge >= 0.3 is 6.09 Å². The van der Waals surface area contributed by atoms with Crippen molar-refractivity contribution in [3.05, 3.63) is 41.6 Å². The van der Waals surface area contributed by atoms with Crippen molar-refractivity contribution >= 4 is 34.5 Å². The third-order valence-corrected chi connectivity index (χ3v) is 9.19. The van der Waals surface area contributed by atoms with Crippen LogP contribution in [0.3, 0.4) is 0 Å². The van der Waals surface area contributed by atoms with Gasteiger partial charge in [-0.1, -0.05) is 0 Å². The number of amides is 2. The molecule has 11 heteroatoms. The number of hydrogen-bond donors (Lipinski definition) is 1. The minimum absolute atomic E-state index is 0.0104. The van der Waals surface area contributed by atoms with E-state index in [2.05, 4.69) is 10.6 Å². The molecule has 0 unspecified atom stereocenters. The maximum absolute atomic E-state index is 13.7. The van der Waals surface area contributed by atoms with Crippen LogP contribution in [0.1, 0.15) is 55.1 Å². The van der Waals surface area contributed by atoms with E-state index < -0.39 is 6.09 Å². The van der Waals surface area contributed by atoms with Crippen molar-refractivity contribution in [2.45, 2.75) is 70.6 Å². The molecule has 1 saturated carbocycles. The Balaban J connectivity index is 1.33. The normalized spacial score (nSPS) is 21.5. The zero-order valence-corrected chi connectivity index (χ0v) is 24.5. The molecule has 7 rings (SSSR count). The molecular weight excluding hydrogens is 534 g/mol. The van der Waals surface area contributed by atoms with Crippen LogP contribution in [0.2, 0.25) is 0 Å². The molecule has 1 aliphatic carbocycles. The predicted octanol–water partition coefficient (Wildman–Crippen LogP) is 4.37. The van der Waals surface area contributed by atoms with Crippen LogP contribution in [-0.2, 0) is 11.3 Å². The largest absolute Gasteiger partial charge is 0.482 e. The van der Waals surface area contributed by atoms with Gasteiger partial charge in [0.15, 0.2) is 5.88 Å². The number of fused-ring (bicyclic) bond motifs is 4. The summed E-state index contributed by atoms with van der Waals surface area (Å²) in [7, 11) is 3.28. The Bertz CT molecular complexity index is 1720. The maximum atomic E-state index is 13.7. The number of aryl methyl sites for hydroxylation is 1. The van der Waals surface area contributed by atoms with Crippen LogP contribution in [0, 0.1) is 12.8 Å². The molecule has 0 spiro atoms. The molecule has 220 valence electrons. The smallest absolute Gasteiger partial charge is 0.415 e. The fourth-order valence-corrected chi connectivity index (χ4v) is 6.85. The van der Waals surface area contributed by atoms with Gasteiger partial charge in [0.1, 0.15) is 22.8 Å². The number of pyridine rings is 2. The number of nitrogens with two attached hydrogens (primary N) is 1. The fraction of sp³-hybridized carbons (Fsp3) is 0.484. The summed E-state index contributed by atoms with van der Waals surface area (Å²) in [5.74, 6) is 1.65. The molecule has 3 aliphatic rings. The van der Waals surface area contributed by atoms with Crippen LogP contribution in [-0.4, -0.2) is 74.7 Å². The Hall–Kier alpha value is -4.12. The van der Waals surface area contributed by atoms with Crippen molar-refractivity contribution in [1.82, 2.24) is 23.8 Å². The minimum Gasteiger partial charge on any atom is -0.482 e. The van der Waals surface area contributed by atoms with E-state index in [1.807, 2.05) is 40.5 Å². The SMILES string of the molecule is CCOC(=O)N(C)c1ccc2cc(-c3nc4cc(C(=O)N5[C@H]6CC[C@@H]5[C@H](N)C6)cc(OC)n4c3C)n(CC3CC3)c2n1. The first-order valence-electron chi connectivity index (χ1n) is 14.9. The van der Waals surface area contributed by atoms with Crippen molar-refractivity contribution in [1.29, 1.82) is 0 Å². The van der Waals surface area contributed by atoms with Crippen molar-refractivity contribution < 1.29 is 19.1 Å². The Morgan fingerprint density at radius 1 is 1.12 bits per heavy atom. The first-order valence-corrected chi connectivity index (χ1v) is 14.9. The highest BCUT2D eigenvalue weighted by molar-refractivity contribution is 5.97. The fourth-order valence-electron chi connectivity index (χ4n) is 6.85. The standard InChI is InChI=1S/C31H37N7O4/c1-5-42-31(40)35(3)25-11-8-19-12-24(36(29(19)34-25)16-18-6-7-18)28-17(2)37-26(33-28)13-20(14-27(37)41-4)30(39)38-21-9-10-23(38)22(32)15-21/h8,11-14,18,21-23H,5-7,9-10,15-16,32H2,1-4H3/t21-,22+,23+/m0/s1. The third kappa shape index (κ3) is 4.21. The number of imidazole rings is 1. The summed E-state index contributed by atoms with van der Waals surface area (Å²) in [6.07, 6.45) is 4.73. The zero-order chi connectivity index (χ0) is 29.3. The van der Waals surface area contributed by atoms with Gasteiger partial charge in [-0.2, -0.15) is 0 Å². The summed E-state index contributed by atoms with van der Waals surface area (Å²) in [6.45, 7) is 4.91. The molecule has 3 fully saturated rings. The molecule has 4 aromatic heterocycles. The second-order valence-corrected chi connectivity index (χ2v) is 11.9. The Labute approximate surface area is 244 Å². The van der Waals surface area contributed by atoms with Crippen LogP contribution in [0.15, 0.2) is 30.3 Å². The van der Waals surface area contributed by atoms with E-state index in [0.717, 1.165) is 53.9 Å². The maximum Gasteiger partial charge on any atom is 0.415 e. The quantitative estimate of drug-likeness (QED) is 0.350. The van der Waals surface area contributed by atoms with E-state index in [9.17, 15) is 9.59 Å². The summed E-state index contributed by atoms with van der Waals surface area (Å²) < 4.78 is 15.2. The summed E-state index contributed by atoms with van der Waals surface area (Å²) in [6, 6.07) is 9.94. The second-order valence-electron chi connectivity index (χ2n) is 11.9. The summed E-state index contributed by atoms with van der Waals surface area (Å²) in [4.78, 5) is 39.5. The Morgan fingerprint density at radius 2 is 1.93 bits per heavy atom. The molecule has 6 heterocycles. The molecule has 2 saturated heterocycles. The highest BCUT2D eigenvalue weighted by Gasteiger charge is 2.47. The molecule has 0 aromatic carbocycles. The molecule has 11 nitrogen and oxygen atoms in total. The minimum atomic E-state index is -0.442. The lowest BCUT2D eigenvalue weighted by Gasteiger charge is -2.23. The number of hydrogen-bond acceptors (Lipinski definition) is 7. The lowest BCUT2D eigenvalue weighted by atomic mass is 9.97. The van der Waals surface area contributed by atoms with Crippen molar-refractivity contribution in [2.24, 2.45) is 11.7 Å². The number of aromatic nitrogens is 4. The van der Waals surface area contributed by atoms with Gasteiger partial charge in [-0.05, 0) is 76.1 Å². The number of rotatable bonds is 7. The van der Waals surface area contributed by atoms with Gasteiger partial charge in [0.2, 0.25) is 0 Å². The lowest BCUT2D eigenvalue weighted by molar-refractivity contribution is 0.0726. The molecule has 3 atom stereocenters. The first kappa shape index (κ1) is 26.8. The van der Waals surface area contributed by atoms with Gasteiger partial charge in [-0.15, -0.1) is 0 Å². The van der Waals surface area contributed by atoms with Gasteiger partial charge in [-0.25, -0.2) is 14.8 Å². The van der Waals surface area contributed by atoms with Crippen LogP contribution < -0.4 is 15.4 Å². The molecular formula is C31H37N7O4. The Morgan fingerprint density at radius 3 is 2.60 bits per heavy atom. The number of methoxy groups -OCH3 is 1. The van der Waals surface area contributed by atoms with Crippen LogP contribution in [0.5, 0.6) is 5.88 Å². The molecule has 2 bridgehead atoms. The van der Waals surface area contributed by atoms with Crippen LogP contribution in [0.25, 0.3) is 28.1 Å². The molecule has 2 N–H and O–H groups in total. The van der Waals surface area contributed by atoms with Crippen molar-refractivity contribution in [3.63, 3.8) is 0 Å². The molecule has 0 radical (unpaired) electrons. The average Bonchev–Trinajstić information content (AvgIpc) is 3.31. The van der Waals surface area contributed by atoms with Crippen molar-refractivity contribution in [2.75, 3.05) is 25.7 Å². The van der Waals surface area contributed by atoms with E-state index in [-0.39, 0.29) is 24.0 Å². The van der Waals surface area contributed by atoms with Crippen LogP contribution >= 0.6 is 0 Å². The number of carbonyl (C=O) groups is 2. The third-order valence-electron chi connectivity index (χ3n) is 9.19. The van der Waals surface area contributed by atoms with Gasteiger partial charge < -0.3 is 24.7 Å². The van der Waals surface area contributed by atoms with Crippen molar-refractivity contribution in [3.8, 4) is 17.3 Å². The summed E-state index contributed by atoms with van der Waals surface area (Å²) >= 11 is 0. The predicted molar refractivity (Wildman–Crippen MR) is 159 cm³/mol. The summed E-state index contributed by atoms with van der Waals surface area (Å²) in [5.41, 5.74) is 11.0. The van der Waals surface area contributed by atoms with E-state index in [4.69, 9.17) is 25.2 Å². The van der Waals surface area contributed by atoms with Crippen LogP contribution in [0.4, 0.5) is 10.6 Å². The van der Waals surface area contributed by atoms with Gasteiger partial charge in [0.25, 0.3) is 5.91 Å². The number of carbonyl (C=O) groups excluding carboxylic acids is 2. The van der Waals surface area contributed by atoms with Gasteiger partial charge in [0.05, 0.1) is 25.1 Å². The molecule has 2 aliphatic heterocycles. The number of nitrogens with zero attached hydrogens (tertiary/aromatic N) is 6. The van der Waals surface area contributed by atoms with E-state index >= 15 is 0 Å².